The van der Waals surface area contributed by atoms with E-state index in [2.05, 4.69) is 56.0 Å². The van der Waals surface area contributed by atoms with Gasteiger partial charge in [-0.25, -0.2) is 0 Å². The molecule has 2 aromatic carbocycles. The molecule has 2 aromatic rings. The first-order valence-corrected chi connectivity index (χ1v) is 11.8. The molecular weight excluding hydrogens is 632 g/mol. The molecule has 30 heavy (non-hydrogen) atoms. The predicted octanol–water partition coefficient (Wildman–Crippen LogP) is 4.99. The second-order valence-corrected chi connectivity index (χ2v) is 9.75. The summed E-state index contributed by atoms with van der Waals surface area (Å²) in [5, 5.41) is -0.487. The van der Waals surface area contributed by atoms with E-state index in [0.29, 0.717) is 6.61 Å². The summed E-state index contributed by atoms with van der Waals surface area (Å²) in [6.07, 6.45) is 1.65. The summed E-state index contributed by atoms with van der Waals surface area (Å²) in [5.41, 5.74) is 3.04. The number of halogens is 2. The lowest BCUT2D eigenvalue weighted by Gasteiger charge is -2.12. The largest absolute Gasteiger partial charge is 0.487 e. The Hall–Kier alpha value is -1.60. The van der Waals surface area contributed by atoms with E-state index in [1.54, 1.807) is 6.08 Å². The van der Waals surface area contributed by atoms with Gasteiger partial charge in [0.15, 0.2) is 0 Å². The Labute approximate surface area is 205 Å². The summed E-state index contributed by atoms with van der Waals surface area (Å²) >= 11 is 5.19. The number of carbonyl (C=O) groups is 3. The number of thioether (sulfide) groups is 1. The molecule has 0 unspecified atom stereocenters. The molecule has 6 nitrogen and oxygen atoms in total. The number of ether oxygens (including phenoxy) is 2. The second kappa shape index (κ2) is 10.1. The zero-order valence-corrected chi connectivity index (χ0v) is 21.2. The number of aryl methyl sites for hydroxylation is 1. The van der Waals surface area contributed by atoms with Gasteiger partial charge in [-0.2, -0.15) is 0 Å². The predicted molar refractivity (Wildman–Crippen MR) is 132 cm³/mol. The number of benzene rings is 2. The molecule has 1 aliphatic rings. The maximum absolute atomic E-state index is 12.5. The normalized spacial score (nSPS) is 15.1. The minimum atomic E-state index is -0.641. The zero-order valence-electron chi connectivity index (χ0n) is 16.1. The van der Waals surface area contributed by atoms with Crippen LogP contribution in [-0.2, 0) is 20.9 Å². The van der Waals surface area contributed by atoms with Crippen molar-refractivity contribution < 1.29 is 23.9 Å². The second-order valence-electron chi connectivity index (χ2n) is 6.44. The molecule has 0 aromatic heterocycles. The van der Waals surface area contributed by atoms with Crippen molar-refractivity contribution in [3.8, 4) is 5.75 Å². The Morgan fingerprint density at radius 3 is 2.50 bits per heavy atom. The average Bonchev–Trinajstić information content (AvgIpc) is 2.94. The highest BCUT2D eigenvalue weighted by molar-refractivity contribution is 14.1. The van der Waals surface area contributed by atoms with Crippen molar-refractivity contribution in [1.29, 1.82) is 0 Å². The fourth-order valence-corrected chi connectivity index (χ4v) is 5.71. The molecule has 0 N–H and O–H groups in total. The molecule has 0 atom stereocenters. The van der Waals surface area contributed by atoms with E-state index in [4.69, 9.17) is 4.74 Å². The molecule has 9 heteroatoms. The smallest absolute Gasteiger partial charge is 0.325 e. The lowest BCUT2D eigenvalue weighted by molar-refractivity contribution is -0.143. The van der Waals surface area contributed by atoms with E-state index in [1.807, 2.05) is 37.3 Å². The molecule has 156 valence electrons. The van der Waals surface area contributed by atoms with E-state index in [0.717, 1.165) is 40.7 Å². The van der Waals surface area contributed by atoms with Crippen LogP contribution in [0.2, 0.25) is 0 Å². The highest BCUT2D eigenvalue weighted by atomic mass is 127. The van der Waals surface area contributed by atoms with Crippen molar-refractivity contribution in [2.75, 3.05) is 13.7 Å². The summed E-state index contributed by atoms with van der Waals surface area (Å²) in [6, 6.07) is 11.9. The van der Waals surface area contributed by atoms with Crippen LogP contribution in [0, 0.1) is 14.1 Å². The molecule has 0 radical (unpaired) electrons. The summed E-state index contributed by atoms with van der Waals surface area (Å²) < 4.78 is 12.4. The van der Waals surface area contributed by atoms with Crippen LogP contribution in [0.5, 0.6) is 5.75 Å². The van der Waals surface area contributed by atoms with E-state index < -0.39 is 17.1 Å². The third-order valence-corrected chi connectivity index (χ3v) is 6.68. The summed E-state index contributed by atoms with van der Waals surface area (Å²) in [4.78, 5) is 37.1. The Kier molecular flexibility index (Phi) is 7.80. The molecule has 3 rings (SSSR count). The van der Waals surface area contributed by atoms with Gasteiger partial charge in [-0.15, -0.1) is 0 Å². The maximum Gasteiger partial charge on any atom is 0.325 e. The fraction of sp³-hybridized carbons (Fsp3) is 0.190. The van der Waals surface area contributed by atoms with Crippen molar-refractivity contribution in [2.45, 2.75) is 13.5 Å². The van der Waals surface area contributed by atoms with Gasteiger partial charge >= 0.3 is 5.97 Å². The van der Waals surface area contributed by atoms with Crippen LogP contribution in [0.1, 0.15) is 16.7 Å². The van der Waals surface area contributed by atoms with Crippen LogP contribution in [0.3, 0.4) is 0 Å². The first kappa shape index (κ1) is 23.1. The van der Waals surface area contributed by atoms with Crippen molar-refractivity contribution in [2.24, 2.45) is 0 Å². The highest BCUT2D eigenvalue weighted by Crippen LogP contribution is 2.35. The van der Waals surface area contributed by atoms with Crippen LogP contribution in [0.4, 0.5) is 4.79 Å². The molecule has 1 aliphatic heterocycles. The standard InChI is InChI=1S/C21H17I2NO5S/c1-12-4-3-5-13(6-12)11-29-19-15(22)7-14(8-16(19)23)9-17-20(26)24(21(27)30-17)10-18(25)28-2/h3-9H,10-11H2,1-2H3/b17-9-. The Morgan fingerprint density at radius 1 is 1.17 bits per heavy atom. The number of methoxy groups -OCH3 is 1. The monoisotopic (exact) mass is 649 g/mol. The molecule has 1 heterocycles. The van der Waals surface area contributed by atoms with Crippen molar-refractivity contribution in [3.63, 3.8) is 0 Å². The first-order valence-electron chi connectivity index (χ1n) is 8.78. The Bertz CT molecular complexity index is 1030. The number of hydrogen-bond donors (Lipinski definition) is 0. The minimum absolute atomic E-state index is 0.268. The molecule has 0 bridgehead atoms. The number of carbonyl (C=O) groups excluding carboxylic acids is 3. The van der Waals surface area contributed by atoms with Gasteiger partial charge in [-0.1, -0.05) is 29.8 Å². The fourth-order valence-electron chi connectivity index (χ4n) is 2.74. The number of esters is 1. The number of imide groups is 1. The average molecular weight is 649 g/mol. The van der Waals surface area contributed by atoms with Gasteiger partial charge in [0.1, 0.15) is 18.9 Å². The van der Waals surface area contributed by atoms with E-state index >= 15 is 0 Å². The van der Waals surface area contributed by atoms with Gasteiger partial charge in [0.25, 0.3) is 11.1 Å². The van der Waals surface area contributed by atoms with Gasteiger partial charge in [-0.05, 0) is 93.2 Å². The SMILES string of the molecule is COC(=O)CN1C(=O)S/C(=C\c2cc(I)c(OCc3cccc(C)c3)c(I)c2)C1=O. The zero-order chi connectivity index (χ0) is 21.8. The first-order chi connectivity index (χ1) is 14.3. The number of rotatable bonds is 6. The number of hydrogen-bond acceptors (Lipinski definition) is 6. The lowest BCUT2D eigenvalue weighted by atomic mass is 10.1. The van der Waals surface area contributed by atoms with Crippen LogP contribution in [0.15, 0.2) is 41.3 Å². The lowest BCUT2D eigenvalue weighted by Crippen LogP contribution is -2.34. The molecule has 0 saturated carbocycles. The van der Waals surface area contributed by atoms with Gasteiger partial charge in [0.2, 0.25) is 0 Å². The Morgan fingerprint density at radius 2 is 1.87 bits per heavy atom. The van der Waals surface area contributed by atoms with Gasteiger partial charge in [0.05, 0.1) is 19.2 Å². The van der Waals surface area contributed by atoms with E-state index in [-0.39, 0.29) is 11.4 Å². The third-order valence-electron chi connectivity index (χ3n) is 4.17. The van der Waals surface area contributed by atoms with Crippen molar-refractivity contribution in [3.05, 3.63) is 65.1 Å². The van der Waals surface area contributed by atoms with Gasteiger partial charge < -0.3 is 9.47 Å². The van der Waals surface area contributed by atoms with Crippen molar-refractivity contribution in [1.82, 2.24) is 4.90 Å². The molecule has 1 fully saturated rings. The summed E-state index contributed by atoms with van der Waals surface area (Å²) in [6.45, 7) is 2.11. The summed E-state index contributed by atoms with van der Waals surface area (Å²) in [5.74, 6) is -0.369. The molecule has 2 amide bonds. The maximum atomic E-state index is 12.5. The third kappa shape index (κ3) is 5.55. The minimum Gasteiger partial charge on any atom is -0.487 e. The number of amides is 2. The van der Waals surface area contributed by atoms with Crippen LogP contribution in [-0.4, -0.2) is 35.7 Å². The molecule has 0 aliphatic carbocycles. The number of nitrogens with zero attached hydrogens (tertiary/aromatic N) is 1. The molecule has 0 spiro atoms. The molecule has 1 saturated heterocycles. The Balaban J connectivity index is 1.77. The topological polar surface area (TPSA) is 72.9 Å². The van der Waals surface area contributed by atoms with Gasteiger partial charge in [0, 0.05) is 0 Å². The van der Waals surface area contributed by atoms with Crippen LogP contribution in [0.25, 0.3) is 6.08 Å². The van der Waals surface area contributed by atoms with Crippen LogP contribution < -0.4 is 4.74 Å². The van der Waals surface area contributed by atoms with Gasteiger partial charge in [-0.3, -0.25) is 19.3 Å². The quantitative estimate of drug-likeness (QED) is 0.250. The molecular formula is C21H17I2NO5S. The highest BCUT2D eigenvalue weighted by Gasteiger charge is 2.36. The summed E-state index contributed by atoms with van der Waals surface area (Å²) in [7, 11) is 1.21. The van der Waals surface area contributed by atoms with E-state index in [9.17, 15) is 14.4 Å². The van der Waals surface area contributed by atoms with Crippen LogP contribution >= 0.6 is 56.9 Å². The van der Waals surface area contributed by atoms with Crippen molar-refractivity contribution >= 4 is 80.1 Å². The van der Waals surface area contributed by atoms with E-state index in [1.165, 1.54) is 12.7 Å².